The van der Waals surface area contributed by atoms with E-state index in [1.54, 1.807) is 11.0 Å². The van der Waals surface area contributed by atoms with Crippen LogP contribution in [0.5, 0.6) is 0 Å². The van der Waals surface area contributed by atoms with E-state index in [4.69, 9.17) is 0 Å². The third-order valence-electron chi connectivity index (χ3n) is 5.29. The summed E-state index contributed by atoms with van der Waals surface area (Å²) < 4.78 is 0. The quantitative estimate of drug-likeness (QED) is 0.510. The first kappa shape index (κ1) is 21.8. The Morgan fingerprint density at radius 1 is 1.03 bits per heavy atom. The minimum absolute atomic E-state index is 0.117. The highest BCUT2D eigenvalue weighted by Gasteiger charge is 2.17. The van der Waals surface area contributed by atoms with Crippen LogP contribution in [0.25, 0.3) is 6.08 Å². The zero-order valence-corrected chi connectivity index (χ0v) is 18.8. The average Bonchev–Trinajstić information content (AvgIpc) is 3.27. The normalized spacial score (nSPS) is 13.8. The van der Waals surface area contributed by atoms with Crippen LogP contribution in [0.1, 0.15) is 31.9 Å². The highest BCUT2D eigenvalue weighted by molar-refractivity contribution is 7.14. The molecule has 1 aliphatic heterocycles. The minimum atomic E-state index is -0.213. The molecule has 3 aromatic rings. The second-order valence-corrected chi connectivity index (χ2v) is 8.47. The van der Waals surface area contributed by atoms with Crippen molar-refractivity contribution in [3.8, 4) is 0 Å². The Balaban J connectivity index is 1.45. The van der Waals surface area contributed by atoms with Gasteiger partial charge in [-0.3, -0.25) is 14.5 Å². The molecule has 0 bridgehead atoms. The van der Waals surface area contributed by atoms with Crippen molar-refractivity contribution in [1.82, 2.24) is 4.98 Å². The van der Waals surface area contributed by atoms with E-state index in [9.17, 15) is 9.59 Å². The molecule has 164 valence electrons. The number of amides is 2. The largest absolute Gasteiger partial charge is 0.370 e. The van der Waals surface area contributed by atoms with Gasteiger partial charge in [-0.2, -0.15) is 0 Å². The Hall–Kier alpha value is -3.45. The maximum Gasteiger partial charge on any atom is 0.248 e. The fourth-order valence-electron chi connectivity index (χ4n) is 3.78. The number of benzene rings is 2. The summed E-state index contributed by atoms with van der Waals surface area (Å²) in [4.78, 5) is 33.2. The molecule has 0 atom stereocenters. The SMILES string of the molecule is CC(=O)N(c1ccccc1)c1nc(C=CC(=O)Nc2ccccc2N2CCCCC2)cs1. The van der Waals surface area contributed by atoms with E-state index in [0.29, 0.717) is 10.8 Å². The number of aromatic nitrogens is 1. The van der Waals surface area contributed by atoms with Gasteiger partial charge in [-0.25, -0.2) is 4.98 Å². The van der Waals surface area contributed by atoms with E-state index < -0.39 is 0 Å². The topological polar surface area (TPSA) is 65.5 Å². The molecule has 4 rings (SSSR count). The number of thiazole rings is 1. The molecule has 1 aliphatic rings. The highest BCUT2D eigenvalue weighted by atomic mass is 32.1. The molecule has 0 saturated carbocycles. The third-order valence-corrected chi connectivity index (χ3v) is 6.14. The van der Waals surface area contributed by atoms with Crippen molar-refractivity contribution in [3.05, 3.63) is 71.7 Å². The smallest absolute Gasteiger partial charge is 0.248 e. The summed E-state index contributed by atoms with van der Waals surface area (Å²) in [7, 11) is 0. The van der Waals surface area contributed by atoms with Crippen molar-refractivity contribution in [2.24, 2.45) is 0 Å². The molecule has 1 aromatic heterocycles. The van der Waals surface area contributed by atoms with Crippen LogP contribution in [0.4, 0.5) is 22.2 Å². The maximum atomic E-state index is 12.6. The summed E-state index contributed by atoms with van der Waals surface area (Å²) >= 11 is 1.36. The molecule has 6 nitrogen and oxygen atoms in total. The molecular weight excluding hydrogens is 420 g/mol. The van der Waals surface area contributed by atoms with Crippen molar-refractivity contribution in [3.63, 3.8) is 0 Å². The van der Waals surface area contributed by atoms with Crippen LogP contribution in [0.3, 0.4) is 0 Å². The molecule has 2 amide bonds. The van der Waals surface area contributed by atoms with Crippen LogP contribution in [-0.4, -0.2) is 29.9 Å². The molecular formula is C25H26N4O2S. The molecule has 0 spiro atoms. The number of nitrogens with zero attached hydrogens (tertiary/aromatic N) is 3. The van der Waals surface area contributed by atoms with Crippen molar-refractivity contribution in [2.45, 2.75) is 26.2 Å². The number of carbonyl (C=O) groups is 2. The van der Waals surface area contributed by atoms with E-state index in [1.165, 1.54) is 43.6 Å². The van der Waals surface area contributed by atoms with E-state index in [-0.39, 0.29) is 11.8 Å². The summed E-state index contributed by atoms with van der Waals surface area (Å²) in [5.74, 6) is -0.330. The lowest BCUT2D eigenvalue weighted by atomic mass is 10.1. The predicted molar refractivity (Wildman–Crippen MR) is 132 cm³/mol. The number of hydrogen-bond acceptors (Lipinski definition) is 5. The number of nitrogens with one attached hydrogen (secondary N) is 1. The van der Waals surface area contributed by atoms with Crippen molar-refractivity contribution < 1.29 is 9.59 Å². The van der Waals surface area contributed by atoms with Gasteiger partial charge in [0.1, 0.15) is 0 Å². The molecule has 2 aromatic carbocycles. The fraction of sp³-hybridized carbons (Fsp3) is 0.240. The molecule has 0 radical (unpaired) electrons. The van der Waals surface area contributed by atoms with Gasteiger partial charge in [0.25, 0.3) is 0 Å². The Labute approximate surface area is 192 Å². The number of rotatable bonds is 6. The van der Waals surface area contributed by atoms with Gasteiger partial charge in [-0.05, 0) is 49.6 Å². The van der Waals surface area contributed by atoms with Gasteiger partial charge in [-0.15, -0.1) is 11.3 Å². The maximum absolute atomic E-state index is 12.6. The van der Waals surface area contributed by atoms with E-state index >= 15 is 0 Å². The molecule has 32 heavy (non-hydrogen) atoms. The van der Waals surface area contributed by atoms with E-state index in [0.717, 1.165) is 30.2 Å². The highest BCUT2D eigenvalue weighted by Crippen LogP contribution is 2.30. The zero-order valence-electron chi connectivity index (χ0n) is 18.0. The van der Waals surface area contributed by atoms with Crippen molar-refractivity contribution in [1.29, 1.82) is 0 Å². The first-order valence-corrected chi connectivity index (χ1v) is 11.6. The van der Waals surface area contributed by atoms with Gasteiger partial charge in [0.2, 0.25) is 11.8 Å². The Morgan fingerprint density at radius 2 is 1.75 bits per heavy atom. The molecule has 2 heterocycles. The standard InChI is InChI=1S/C25H26N4O2S/c1-19(30)29(21-10-4-2-5-11-21)25-26-20(18-32-25)14-15-24(31)27-22-12-6-7-13-23(22)28-16-8-3-9-17-28/h2,4-7,10-15,18H,3,8-9,16-17H2,1H3,(H,27,31). The molecule has 7 heteroatoms. The van der Waals surface area contributed by atoms with Gasteiger partial charge >= 0.3 is 0 Å². The summed E-state index contributed by atoms with van der Waals surface area (Å²) in [6.07, 6.45) is 6.76. The first-order valence-electron chi connectivity index (χ1n) is 10.8. The van der Waals surface area contributed by atoms with Crippen LogP contribution < -0.4 is 15.1 Å². The first-order chi connectivity index (χ1) is 15.6. The summed E-state index contributed by atoms with van der Waals surface area (Å²) in [6, 6.07) is 17.3. The number of anilines is 4. The van der Waals surface area contributed by atoms with Gasteiger partial charge < -0.3 is 10.2 Å². The van der Waals surface area contributed by atoms with Gasteiger partial charge in [-0.1, -0.05) is 30.3 Å². The van der Waals surface area contributed by atoms with Crippen LogP contribution in [0, 0.1) is 0 Å². The third kappa shape index (κ3) is 5.23. The molecule has 1 fully saturated rings. The summed E-state index contributed by atoms with van der Waals surface area (Å²) in [5.41, 5.74) is 3.27. The number of para-hydroxylation sites is 3. The van der Waals surface area contributed by atoms with Crippen LogP contribution in [0.2, 0.25) is 0 Å². The second-order valence-electron chi connectivity index (χ2n) is 7.63. The molecule has 1 saturated heterocycles. The van der Waals surface area contributed by atoms with Crippen molar-refractivity contribution in [2.75, 3.05) is 28.2 Å². The average molecular weight is 447 g/mol. The van der Waals surface area contributed by atoms with Crippen LogP contribution in [0.15, 0.2) is 66.1 Å². The minimum Gasteiger partial charge on any atom is -0.370 e. The van der Waals surface area contributed by atoms with E-state index in [2.05, 4.69) is 21.3 Å². The number of hydrogen-bond donors (Lipinski definition) is 1. The lowest BCUT2D eigenvalue weighted by Gasteiger charge is -2.30. The van der Waals surface area contributed by atoms with E-state index in [1.807, 2.05) is 53.9 Å². The van der Waals surface area contributed by atoms with Gasteiger partial charge in [0, 0.05) is 31.5 Å². The fourth-order valence-corrected chi connectivity index (χ4v) is 4.64. The predicted octanol–water partition coefficient (Wildman–Crippen LogP) is 5.47. The van der Waals surface area contributed by atoms with Crippen LogP contribution in [-0.2, 0) is 9.59 Å². The van der Waals surface area contributed by atoms with Gasteiger partial charge in [0.05, 0.1) is 22.8 Å². The molecule has 1 N–H and O–H groups in total. The number of carbonyl (C=O) groups excluding carboxylic acids is 2. The lowest BCUT2D eigenvalue weighted by molar-refractivity contribution is -0.116. The second kappa shape index (κ2) is 10.2. The van der Waals surface area contributed by atoms with Crippen molar-refractivity contribution >= 4 is 51.4 Å². The summed E-state index contributed by atoms with van der Waals surface area (Å²) in [6.45, 7) is 3.54. The summed E-state index contributed by atoms with van der Waals surface area (Å²) in [5, 5.41) is 5.40. The lowest BCUT2D eigenvalue weighted by Crippen LogP contribution is -2.30. The number of piperidine rings is 1. The monoisotopic (exact) mass is 446 g/mol. The van der Waals surface area contributed by atoms with Gasteiger partial charge in [0.15, 0.2) is 5.13 Å². The Bertz CT molecular complexity index is 1100. The van der Waals surface area contributed by atoms with Crippen LogP contribution >= 0.6 is 11.3 Å². The Kier molecular flexibility index (Phi) is 6.97. The Morgan fingerprint density at radius 3 is 2.50 bits per heavy atom. The molecule has 0 aliphatic carbocycles. The molecule has 0 unspecified atom stereocenters. The zero-order chi connectivity index (χ0) is 22.3.